The lowest BCUT2D eigenvalue weighted by atomic mass is 10.0. The molecule has 0 aromatic rings. The molecule has 3 unspecified atom stereocenters. The highest BCUT2D eigenvalue weighted by atomic mass is 31.2. The molecule has 0 spiro atoms. The minimum absolute atomic E-state index is 0.162. The van der Waals surface area contributed by atoms with Gasteiger partial charge in [-0.15, -0.1) is 0 Å². The maximum atomic E-state index is 12.9. The highest BCUT2D eigenvalue weighted by molar-refractivity contribution is 7.47. The van der Waals surface area contributed by atoms with Crippen LogP contribution in [0.25, 0.3) is 0 Å². The van der Waals surface area contributed by atoms with Crippen molar-refractivity contribution >= 4 is 25.7 Å². The fourth-order valence-corrected chi connectivity index (χ4v) is 9.67. The van der Waals surface area contributed by atoms with Gasteiger partial charge in [0.1, 0.15) is 12.7 Å². The molecule has 0 aromatic heterocycles. The van der Waals surface area contributed by atoms with Gasteiger partial charge in [-0.05, 0) is 83.5 Å². The smallest absolute Gasteiger partial charge is 0.462 e. The van der Waals surface area contributed by atoms with E-state index in [1.807, 2.05) is 0 Å². The van der Waals surface area contributed by atoms with Crippen LogP contribution in [0.2, 0.25) is 0 Å². The van der Waals surface area contributed by atoms with E-state index in [0.29, 0.717) is 19.3 Å². The number of allylic oxidation sites excluding steroid dienone is 8. The summed E-state index contributed by atoms with van der Waals surface area (Å²) in [6.07, 6.45) is 63.4. The molecule has 11 nitrogen and oxygen atoms in total. The summed E-state index contributed by atoms with van der Waals surface area (Å²) in [5.41, 5.74) is 0. The zero-order chi connectivity index (χ0) is 55.5. The van der Waals surface area contributed by atoms with E-state index < -0.39 is 57.8 Å². The molecule has 0 aliphatic rings. The molecule has 0 fully saturated rings. The molecule has 0 aliphatic carbocycles. The first-order valence-corrected chi connectivity index (χ1v) is 33.0. The molecule has 12 heteroatoms. The van der Waals surface area contributed by atoms with E-state index in [0.717, 1.165) is 96.3 Å². The summed E-state index contributed by atoms with van der Waals surface area (Å²) in [6.45, 7) is 4.64. The molecule has 444 valence electrons. The van der Waals surface area contributed by atoms with Crippen LogP contribution in [0.4, 0.5) is 0 Å². The van der Waals surface area contributed by atoms with Crippen molar-refractivity contribution in [2.75, 3.05) is 26.4 Å². The monoisotopic (exact) mass is 1090 g/mol. The zero-order valence-corrected chi connectivity index (χ0v) is 50.1. The van der Waals surface area contributed by atoms with E-state index in [9.17, 15) is 28.9 Å². The Balaban J connectivity index is 4.72. The third-order valence-corrected chi connectivity index (χ3v) is 14.7. The summed E-state index contributed by atoms with van der Waals surface area (Å²) in [7, 11) is -4.75. The van der Waals surface area contributed by atoms with Gasteiger partial charge in [0, 0.05) is 19.3 Å². The molecule has 0 rings (SSSR count). The molecular formula is C64H117O11P. The predicted molar refractivity (Wildman–Crippen MR) is 316 cm³/mol. The van der Waals surface area contributed by atoms with Gasteiger partial charge in [0.25, 0.3) is 0 Å². The Bertz CT molecular complexity index is 1460. The van der Waals surface area contributed by atoms with Crippen LogP contribution in [0.15, 0.2) is 48.6 Å². The Hall–Kier alpha value is -2.56. The summed E-state index contributed by atoms with van der Waals surface area (Å²) >= 11 is 0. The number of ether oxygens (including phenoxy) is 3. The fourth-order valence-electron chi connectivity index (χ4n) is 8.89. The minimum atomic E-state index is -4.75. The van der Waals surface area contributed by atoms with Crippen molar-refractivity contribution in [3.63, 3.8) is 0 Å². The van der Waals surface area contributed by atoms with E-state index in [-0.39, 0.29) is 25.9 Å². The van der Waals surface area contributed by atoms with Crippen molar-refractivity contribution in [2.24, 2.45) is 0 Å². The minimum Gasteiger partial charge on any atom is -0.462 e. The molecule has 0 aromatic carbocycles. The first-order chi connectivity index (χ1) is 37.2. The molecule has 2 N–H and O–H groups in total. The number of carbonyl (C=O) groups is 3. The van der Waals surface area contributed by atoms with Gasteiger partial charge in [0.15, 0.2) is 6.10 Å². The molecule has 3 atom stereocenters. The average molecular weight is 1090 g/mol. The van der Waals surface area contributed by atoms with Crippen LogP contribution in [0, 0.1) is 0 Å². The molecular weight excluding hydrogens is 976 g/mol. The maximum Gasteiger partial charge on any atom is 0.472 e. The van der Waals surface area contributed by atoms with Gasteiger partial charge in [-0.2, -0.15) is 0 Å². The standard InChI is InChI=1S/C64H117O11P/c1-4-7-10-13-16-19-22-25-27-29-30-32-33-36-38-41-44-47-50-53-62(66)71-57-61(75-64(68)55-52-49-46-43-40-37-34-31-28-26-23-20-17-14-11-8-5-2)59-73-76(69,70)72-58-60(56-65)74-63(67)54-51-48-45-42-39-35-24-21-18-15-12-9-6-3/h16,19,25-28,30,32,60-61,65H,4-15,17-18,20-24,29,31,33-59H2,1-3H3,(H,69,70)/b19-16-,27-25-,28-26-,32-30-. The van der Waals surface area contributed by atoms with Crippen LogP contribution < -0.4 is 0 Å². The largest absolute Gasteiger partial charge is 0.472 e. The van der Waals surface area contributed by atoms with Crippen LogP contribution in [0.5, 0.6) is 0 Å². The number of phosphoric ester groups is 1. The van der Waals surface area contributed by atoms with Gasteiger partial charge in [0.2, 0.25) is 0 Å². The quantitative estimate of drug-likeness (QED) is 0.0197. The number of rotatable bonds is 59. The molecule has 0 radical (unpaired) electrons. The molecule has 0 heterocycles. The Morgan fingerprint density at radius 1 is 0.368 bits per heavy atom. The SMILES string of the molecule is CCCCC/C=C\C/C=C\C/C=C\CCCCCCCCC(=O)OCC(COP(=O)(O)OCC(CO)OC(=O)CCCCCCCCCCCCCCC)OC(=O)CCCCCCCCC/C=C\CCCCCCCC. The first kappa shape index (κ1) is 73.4. The summed E-state index contributed by atoms with van der Waals surface area (Å²) in [5, 5.41) is 9.83. The van der Waals surface area contributed by atoms with Gasteiger partial charge in [0.05, 0.1) is 19.8 Å². The van der Waals surface area contributed by atoms with Crippen LogP contribution in [-0.4, -0.2) is 66.5 Å². The normalized spacial score (nSPS) is 13.6. The topological polar surface area (TPSA) is 155 Å². The van der Waals surface area contributed by atoms with Crippen molar-refractivity contribution < 1.29 is 52.2 Å². The lowest BCUT2D eigenvalue weighted by Crippen LogP contribution is -2.30. The number of carbonyl (C=O) groups excluding carboxylic acids is 3. The van der Waals surface area contributed by atoms with E-state index in [1.165, 1.54) is 148 Å². The van der Waals surface area contributed by atoms with Gasteiger partial charge in [-0.3, -0.25) is 23.4 Å². The Kier molecular flexibility index (Phi) is 56.6. The fraction of sp³-hybridized carbons (Fsp3) is 0.828. The van der Waals surface area contributed by atoms with Crippen LogP contribution in [0.3, 0.4) is 0 Å². The lowest BCUT2D eigenvalue weighted by Gasteiger charge is -2.21. The van der Waals surface area contributed by atoms with Gasteiger partial charge < -0.3 is 24.2 Å². The third-order valence-electron chi connectivity index (χ3n) is 13.7. The molecule has 0 bridgehead atoms. The number of unbranched alkanes of at least 4 members (excludes halogenated alkanes) is 34. The summed E-state index contributed by atoms with van der Waals surface area (Å²) in [5.74, 6) is -1.46. The van der Waals surface area contributed by atoms with Crippen molar-refractivity contribution in [3.8, 4) is 0 Å². The highest BCUT2D eigenvalue weighted by Gasteiger charge is 2.28. The molecule has 0 saturated heterocycles. The van der Waals surface area contributed by atoms with Gasteiger partial charge in [-0.1, -0.05) is 249 Å². The summed E-state index contributed by atoms with van der Waals surface area (Å²) < 4.78 is 39.6. The summed E-state index contributed by atoms with van der Waals surface area (Å²) in [4.78, 5) is 48.7. The Morgan fingerprint density at radius 3 is 1.03 bits per heavy atom. The zero-order valence-electron chi connectivity index (χ0n) is 49.2. The van der Waals surface area contributed by atoms with Crippen molar-refractivity contribution in [3.05, 3.63) is 48.6 Å². The Labute approximate surface area is 466 Å². The molecule has 0 saturated carbocycles. The van der Waals surface area contributed by atoms with E-state index in [4.69, 9.17) is 23.3 Å². The van der Waals surface area contributed by atoms with E-state index in [1.54, 1.807) is 0 Å². The average Bonchev–Trinajstić information content (AvgIpc) is 3.41. The van der Waals surface area contributed by atoms with Crippen molar-refractivity contribution in [2.45, 2.75) is 315 Å². The molecule has 0 amide bonds. The second kappa shape index (κ2) is 58.6. The number of hydrogen-bond acceptors (Lipinski definition) is 10. The first-order valence-electron chi connectivity index (χ1n) is 31.5. The number of phosphoric acid groups is 1. The molecule has 0 aliphatic heterocycles. The number of esters is 3. The third kappa shape index (κ3) is 56.2. The van der Waals surface area contributed by atoms with Crippen molar-refractivity contribution in [1.29, 1.82) is 0 Å². The van der Waals surface area contributed by atoms with Crippen LogP contribution in [-0.2, 0) is 42.2 Å². The number of aliphatic hydroxyl groups excluding tert-OH is 1. The summed E-state index contributed by atoms with van der Waals surface area (Å²) in [6, 6.07) is 0. The second-order valence-corrected chi connectivity index (χ2v) is 22.7. The molecule has 76 heavy (non-hydrogen) atoms. The highest BCUT2D eigenvalue weighted by Crippen LogP contribution is 2.43. The van der Waals surface area contributed by atoms with Crippen LogP contribution in [0.1, 0.15) is 303 Å². The Morgan fingerprint density at radius 2 is 0.645 bits per heavy atom. The number of hydrogen-bond donors (Lipinski definition) is 2. The lowest BCUT2D eigenvalue weighted by molar-refractivity contribution is -0.161. The van der Waals surface area contributed by atoms with E-state index >= 15 is 0 Å². The maximum absolute atomic E-state index is 12.9. The van der Waals surface area contributed by atoms with Crippen LogP contribution >= 0.6 is 7.82 Å². The van der Waals surface area contributed by atoms with Gasteiger partial charge >= 0.3 is 25.7 Å². The number of aliphatic hydroxyl groups is 1. The predicted octanol–water partition coefficient (Wildman–Crippen LogP) is 18.9. The van der Waals surface area contributed by atoms with E-state index in [2.05, 4.69) is 69.4 Å². The second-order valence-electron chi connectivity index (χ2n) is 21.2. The van der Waals surface area contributed by atoms with Gasteiger partial charge in [-0.25, -0.2) is 4.57 Å². The van der Waals surface area contributed by atoms with Crippen molar-refractivity contribution in [1.82, 2.24) is 0 Å².